The number of aromatic nitrogens is 6. The van der Waals surface area contributed by atoms with E-state index in [2.05, 4.69) is 15.5 Å². The van der Waals surface area contributed by atoms with Gasteiger partial charge >= 0.3 is 5.69 Å². The Kier molecular flexibility index (Phi) is 5.22. The van der Waals surface area contributed by atoms with Gasteiger partial charge < -0.3 is 5.73 Å². The monoisotopic (exact) mass is 353 g/mol. The largest absolute Gasteiger partial charge is 0.384 e. The Morgan fingerprint density at radius 1 is 1.25 bits per heavy atom. The smallest absolute Gasteiger partial charge is 0.332 e. The van der Waals surface area contributed by atoms with Crippen molar-refractivity contribution >= 4 is 23.4 Å². The zero-order valence-electron chi connectivity index (χ0n) is 13.9. The molecule has 10 nitrogen and oxygen atoms in total. The Labute approximate surface area is 141 Å². The SMILES string of the molecule is CC(C)Cn1nnnc1SCC(=O)c1c(N)n(C)c(=O)n(C)c1=O. The predicted molar refractivity (Wildman–Crippen MR) is 89.0 cm³/mol. The summed E-state index contributed by atoms with van der Waals surface area (Å²) >= 11 is 1.12. The lowest BCUT2D eigenvalue weighted by molar-refractivity contribution is 0.102. The number of anilines is 1. The van der Waals surface area contributed by atoms with Crippen molar-refractivity contribution < 1.29 is 4.79 Å². The molecular weight excluding hydrogens is 334 g/mol. The Morgan fingerprint density at radius 3 is 2.54 bits per heavy atom. The third kappa shape index (κ3) is 3.40. The standard InChI is InChI=1S/C13H19N7O3S/c1-7(2)5-20-12(15-16-17-20)24-6-8(21)9-10(14)18(3)13(23)19(4)11(9)22/h7H,5-6,14H2,1-4H3. The van der Waals surface area contributed by atoms with Crippen LogP contribution in [0.25, 0.3) is 0 Å². The highest BCUT2D eigenvalue weighted by Crippen LogP contribution is 2.17. The maximum absolute atomic E-state index is 12.4. The average Bonchev–Trinajstić information content (AvgIpc) is 2.95. The van der Waals surface area contributed by atoms with Gasteiger partial charge in [0.15, 0.2) is 5.78 Å². The molecule has 0 aromatic carbocycles. The number of thioether (sulfide) groups is 1. The number of nitrogens with zero attached hydrogens (tertiary/aromatic N) is 6. The van der Waals surface area contributed by atoms with Crippen molar-refractivity contribution in [3.05, 3.63) is 26.4 Å². The van der Waals surface area contributed by atoms with Crippen molar-refractivity contribution in [2.75, 3.05) is 11.5 Å². The number of rotatable bonds is 6. The second kappa shape index (κ2) is 6.99. The number of tetrazole rings is 1. The molecule has 2 aromatic rings. The van der Waals surface area contributed by atoms with Gasteiger partial charge in [-0.1, -0.05) is 25.6 Å². The third-order valence-electron chi connectivity index (χ3n) is 3.36. The van der Waals surface area contributed by atoms with Gasteiger partial charge in [-0.15, -0.1) is 5.10 Å². The van der Waals surface area contributed by atoms with E-state index < -0.39 is 17.0 Å². The summed E-state index contributed by atoms with van der Waals surface area (Å²) in [4.78, 5) is 36.4. The van der Waals surface area contributed by atoms with Crippen molar-refractivity contribution in [2.24, 2.45) is 20.0 Å². The maximum Gasteiger partial charge on any atom is 0.332 e. The predicted octanol–water partition coefficient (Wildman–Crippen LogP) is -0.716. The molecule has 2 heterocycles. The second-order valence-corrected chi connectivity index (χ2v) is 6.66. The molecule has 0 spiro atoms. The molecule has 0 saturated heterocycles. The van der Waals surface area contributed by atoms with Crippen LogP contribution in [-0.4, -0.2) is 40.9 Å². The lowest BCUT2D eigenvalue weighted by Crippen LogP contribution is -2.41. The van der Waals surface area contributed by atoms with E-state index in [1.807, 2.05) is 13.8 Å². The molecule has 130 valence electrons. The first-order chi connectivity index (χ1) is 11.2. The van der Waals surface area contributed by atoms with Gasteiger partial charge in [-0.05, 0) is 16.3 Å². The number of hydrogen-bond acceptors (Lipinski definition) is 8. The summed E-state index contributed by atoms with van der Waals surface area (Å²) in [5.41, 5.74) is 4.29. The van der Waals surface area contributed by atoms with Gasteiger partial charge in [0.2, 0.25) is 5.16 Å². The van der Waals surface area contributed by atoms with E-state index in [0.717, 1.165) is 20.9 Å². The number of hydrogen-bond donors (Lipinski definition) is 1. The molecule has 24 heavy (non-hydrogen) atoms. The summed E-state index contributed by atoms with van der Waals surface area (Å²) in [6.45, 7) is 4.67. The number of nitrogen functional groups attached to an aromatic ring is 1. The minimum Gasteiger partial charge on any atom is -0.384 e. The summed E-state index contributed by atoms with van der Waals surface area (Å²) in [5.74, 6) is -0.339. The molecule has 2 N–H and O–H groups in total. The Balaban J connectivity index is 2.25. The normalized spacial score (nSPS) is 11.2. The van der Waals surface area contributed by atoms with Crippen LogP contribution in [-0.2, 0) is 20.6 Å². The van der Waals surface area contributed by atoms with Gasteiger partial charge in [-0.2, -0.15) is 0 Å². The molecule has 11 heteroatoms. The number of ketones is 1. The van der Waals surface area contributed by atoms with E-state index in [0.29, 0.717) is 17.6 Å². The molecule has 0 aliphatic rings. The molecule has 2 rings (SSSR count). The molecule has 0 saturated carbocycles. The van der Waals surface area contributed by atoms with E-state index in [-0.39, 0.29) is 17.1 Å². The first-order valence-corrected chi connectivity index (χ1v) is 8.20. The highest BCUT2D eigenvalue weighted by Gasteiger charge is 2.21. The molecule has 0 aliphatic carbocycles. The van der Waals surface area contributed by atoms with Crippen LogP contribution in [0.15, 0.2) is 14.7 Å². The summed E-state index contributed by atoms with van der Waals surface area (Å²) in [7, 11) is 2.71. The Bertz CT molecular complexity index is 881. The molecule has 2 aromatic heterocycles. The van der Waals surface area contributed by atoms with Crippen LogP contribution < -0.4 is 17.0 Å². The van der Waals surface area contributed by atoms with Gasteiger partial charge in [-0.25, -0.2) is 9.48 Å². The Hall–Kier alpha value is -2.43. The third-order valence-corrected chi connectivity index (χ3v) is 4.32. The fourth-order valence-corrected chi connectivity index (χ4v) is 2.84. The first kappa shape index (κ1) is 17.9. The average molecular weight is 353 g/mol. The Morgan fingerprint density at radius 2 is 1.92 bits per heavy atom. The fourth-order valence-electron chi connectivity index (χ4n) is 2.08. The van der Waals surface area contributed by atoms with Crippen LogP contribution in [0.4, 0.5) is 5.82 Å². The van der Waals surface area contributed by atoms with Crippen molar-refractivity contribution in [3.63, 3.8) is 0 Å². The van der Waals surface area contributed by atoms with E-state index in [1.165, 1.54) is 14.1 Å². The highest BCUT2D eigenvalue weighted by molar-refractivity contribution is 7.99. The van der Waals surface area contributed by atoms with Crippen LogP contribution >= 0.6 is 11.8 Å². The molecule has 0 aliphatic heterocycles. The van der Waals surface area contributed by atoms with Crippen LogP contribution in [0.2, 0.25) is 0 Å². The van der Waals surface area contributed by atoms with E-state index >= 15 is 0 Å². The molecule has 0 radical (unpaired) electrons. The van der Waals surface area contributed by atoms with Crippen molar-refractivity contribution in [3.8, 4) is 0 Å². The summed E-state index contributed by atoms with van der Waals surface area (Å²) in [6, 6.07) is 0. The molecular formula is C13H19N7O3S. The highest BCUT2D eigenvalue weighted by atomic mass is 32.2. The summed E-state index contributed by atoms with van der Waals surface area (Å²) in [6.07, 6.45) is 0. The van der Waals surface area contributed by atoms with Gasteiger partial charge in [0.25, 0.3) is 5.56 Å². The summed E-state index contributed by atoms with van der Waals surface area (Å²) in [5, 5.41) is 11.8. The van der Waals surface area contributed by atoms with E-state index in [9.17, 15) is 14.4 Å². The number of carbonyl (C=O) groups excluding carboxylic acids is 1. The maximum atomic E-state index is 12.4. The fraction of sp³-hybridized carbons (Fsp3) is 0.538. The molecule has 0 unspecified atom stereocenters. The molecule has 0 fully saturated rings. The zero-order valence-corrected chi connectivity index (χ0v) is 14.7. The summed E-state index contributed by atoms with van der Waals surface area (Å²) < 4.78 is 3.53. The molecule has 0 bridgehead atoms. The van der Waals surface area contributed by atoms with Gasteiger partial charge in [0.05, 0.1) is 5.75 Å². The second-order valence-electron chi connectivity index (χ2n) is 5.72. The van der Waals surface area contributed by atoms with Crippen LogP contribution in [0.1, 0.15) is 24.2 Å². The number of Topliss-reactive ketones (excluding diaryl/α,β-unsaturated/α-hetero) is 1. The van der Waals surface area contributed by atoms with Gasteiger partial charge in [0.1, 0.15) is 11.4 Å². The molecule has 0 atom stereocenters. The van der Waals surface area contributed by atoms with E-state index in [1.54, 1.807) is 4.68 Å². The van der Waals surface area contributed by atoms with Crippen LogP contribution in [0.3, 0.4) is 0 Å². The minimum atomic E-state index is -0.706. The van der Waals surface area contributed by atoms with Gasteiger partial charge in [-0.3, -0.25) is 18.7 Å². The van der Waals surface area contributed by atoms with Crippen molar-refractivity contribution in [1.82, 2.24) is 29.3 Å². The lowest BCUT2D eigenvalue weighted by atomic mass is 10.2. The number of nitrogens with two attached hydrogens (primary N) is 1. The minimum absolute atomic E-state index is 0.0594. The van der Waals surface area contributed by atoms with Crippen LogP contribution in [0.5, 0.6) is 0 Å². The lowest BCUT2D eigenvalue weighted by Gasteiger charge is -2.10. The van der Waals surface area contributed by atoms with Crippen molar-refractivity contribution in [1.29, 1.82) is 0 Å². The van der Waals surface area contributed by atoms with Gasteiger partial charge in [0, 0.05) is 20.6 Å². The molecule has 0 amide bonds. The first-order valence-electron chi connectivity index (χ1n) is 7.21. The quantitative estimate of drug-likeness (QED) is 0.532. The van der Waals surface area contributed by atoms with Crippen molar-refractivity contribution in [2.45, 2.75) is 25.5 Å². The zero-order chi connectivity index (χ0) is 18.0. The topological polar surface area (TPSA) is 131 Å². The number of carbonyl (C=O) groups is 1. The van der Waals surface area contributed by atoms with E-state index in [4.69, 9.17) is 5.73 Å². The van der Waals surface area contributed by atoms with Crippen LogP contribution in [0, 0.1) is 5.92 Å².